The van der Waals surface area contributed by atoms with Crippen molar-refractivity contribution >= 4 is 46.3 Å². The molecule has 1 aliphatic heterocycles. The Balaban J connectivity index is 1.68. The molecule has 12 nitrogen and oxygen atoms in total. The van der Waals surface area contributed by atoms with Crippen molar-refractivity contribution in [1.82, 2.24) is 4.90 Å². The highest BCUT2D eigenvalue weighted by molar-refractivity contribution is 6.32. The smallest absolute Gasteiger partial charge is 0.262 e. The number of carbonyl (C=O) groups is 6. The predicted molar refractivity (Wildman–Crippen MR) is 128 cm³/mol. The number of fused-ring (bicyclic) bond motifs is 5. The number of aliphatic hydroxyl groups is 1. The molecule has 37 heavy (non-hydrogen) atoms. The van der Waals surface area contributed by atoms with Crippen molar-refractivity contribution in [3.05, 3.63) is 17.2 Å². The van der Waals surface area contributed by atoms with Crippen molar-refractivity contribution in [3.63, 3.8) is 0 Å². The molecule has 4 aliphatic rings. The molecule has 4 N–H and O–H groups in total. The molecular formula is C25H28N4O8. The number of hydrogen-bond acceptors (Lipinski definition) is 10. The van der Waals surface area contributed by atoms with Crippen LogP contribution in [0.1, 0.15) is 22.3 Å². The van der Waals surface area contributed by atoms with E-state index in [1.54, 1.807) is 39.2 Å². The molecule has 12 heteroatoms. The summed E-state index contributed by atoms with van der Waals surface area (Å²) >= 11 is 0. The van der Waals surface area contributed by atoms with E-state index < -0.39 is 70.3 Å². The average Bonchev–Trinajstić information content (AvgIpc) is 2.80. The molecule has 6 atom stereocenters. The van der Waals surface area contributed by atoms with Crippen molar-refractivity contribution in [2.45, 2.75) is 24.5 Å². The first-order valence-electron chi connectivity index (χ1n) is 11.9. The lowest BCUT2D eigenvalue weighted by Crippen LogP contribution is -2.74. The normalized spacial score (nSPS) is 32.6. The maximum Gasteiger partial charge on any atom is 0.262 e. The summed E-state index contributed by atoms with van der Waals surface area (Å²) in [5.41, 5.74) is 4.28. The number of likely N-dealkylation sites (N-methyl/N-ethyl adjacent to an activating group) is 1. The predicted octanol–water partition coefficient (Wildman–Crippen LogP) is -1.44. The lowest BCUT2D eigenvalue weighted by Gasteiger charge is -2.52. The molecule has 2 fully saturated rings. The Kier molecular flexibility index (Phi) is 5.54. The van der Waals surface area contributed by atoms with E-state index >= 15 is 0 Å². The summed E-state index contributed by atoms with van der Waals surface area (Å²) in [7, 11) is 6.66. The maximum atomic E-state index is 14.0. The summed E-state index contributed by atoms with van der Waals surface area (Å²) in [4.78, 5) is 81.7. The number of primary amides is 1. The SMILES string of the molecule is CN(C)c1cc2c(c3c1C[C@H]1C[C@H]4[C@H](N(C)C)C(=O)C(C(N)=O)C(=O)[C@@]4(O)C(=O)C1C3=O)OCC(=O)N2. The number of nitrogens with one attached hydrogen (secondary N) is 1. The van der Waals surface area contributed by atoms with E-state index in [2.05, 4.69) is 5.32 Å². The van der Waals surface area contributed by atoms with Crippen molar-refractivity contribution in [2.75, 3.05) is 45.0 Å². The number of hydrogen-bond donors (Lipinski definition) is 3. The lowest BCUT2D eigenvalue weighted by molar-refractivity contribution is -0.181. The first-order chi connectivity index (χ1) is 17.3. The second-order valence-corrected chi connectivity index (χ2v) is 10.6. The van der Waals surface area contributed by atoms with Gasteiger partial charge in [-0.05, 0) is 44.5 Å². The summed E-state index contributed by atoms with van der Waals surface area (Å²) in [5.74, 6) is -10.4. The van der Waals surface area contributed by atoms with Crippen LogP contribution in [-0.2, 0) is 30.4 Å². The van der Waals surface area contributed by atoms with E-state index in [1.807, 2.05) is 0 Å². The van der Waals surface area contributed by atoms with Gasteiger partial charge in [0.15, 0.2) is 47.0 Å². The van der Waals surface area contributed by atoms with Gasteiger partial charge in [0.2, 0.25) is 5.91 Å². The van der Waals surface area contributed by atoms with Crippen LogP contribution in [0.3, 0.4) is 0 Å². The standard InChI is InChI=1S/C25H28N4O8/c1-28(2)13-7-12-21(37-8-14(30)27-12)16-10(13)5-9-6-11-18(29(3)4)20(32)17(24(26)35)23(34)25(11,36)22(33)15(9)19(16)31/h7,9,11,15,17-18,36H,5-6,8H2,1-4H3,(H2,26,35)(H,27,30)/t9-,11-,15?,17?,18-,25-/m0/s1. The van der Waals surface area contributed by atoms with Gasteiger partial charge in [-0.25, -0.2) is 0 Å². The Morgan fingerprint density at radius 1 is 1.14 bits per heavy atom. The Morgan fingerprint density at radius 2 is 1.81 bits per heavy atom. The number of benzene rings is 1. The van der Waals surface area contributed by atoms with Gasteiger partial charge in [0.25, 0.3) is 5.91 Å². The van der Waals surface area contributed by atoms with E-state index in [4.69, 9.17) is 10.5 Å². The van der Waals surface area contributed by atoms with Crippen LogP contribution in [0.25, 0.3) is 0 Å². The molecule has 1 aromatic carbocycles. The Morgan fingerprint density at radius 3 is 2.41 bits per heavy atom. The molecular weight excluding hydrogens is 484 g/mol. The fraction of sp³-hybridized carbons (Fsp3) is 0.520. The fourth-order valence-electron chi connectivity index (χ4n) is 6.60. The van der Waals surface area contributed by atoms with Crippen LogP contribution >= 0.6 is 0 Å². The third-order valence-corrected chi connectivity index (χ3v) is 8.12. The minimum Gasteiger partial charge on any atom is -0.481 e. The number of anilines is 2. The summed E-state index contributed by atoms with van der Waals surface area (Å²) in [5, 5.41) is 14.4. The molecule has 0 aromatic heterocycles. The Bertz CT molecular complexity index is 1300. The van der Waals surface area contributed by atoms with Gasteiger partial charge in [0.1, 0.15) is 0 Å². The van der Waals surface area contributed by atoms with E-state index in [1.165, 1.54) is 4.90 Å². The van der Waals surface area contributed by atoms with Gasteiger partial charge in [0.05, 0.1) is 23.2 Å². The molecule has 5 rings (SSSR count). The molecule has 0 bridgehead atoms. The van der Waals surface area contributed by atoms with Gasteiger partial charge in [-0.2, -0.15) is 0 Å². The summed E-state index contributed by atoms with van der Waals surface area (Å²) in [6.45, 7) is -0.312. The molecule has 0 spiro atoms. The van der Waals surface area contributed by atoms with Crippen LogP contribution in [0.4, 0.5) is 11.4 Å². The second kappa shape index (κ2) is 8.18. The minimum absolute atomic E-state index is 0.0193. The van der Waals surface area contributed by atoms with Crippen molar-refractivity contribution < 1.29 is 38.6 Å². The number of amides is 2. The molecule has 2 amide bonds. The van der Waals surface area contributed by atoms with Gasteiger partial charge in [0, 0.05) is 25.7 Å². The van der Waals surface area contributed by atoms with E-state index in [9.17, 15) is 33.9 Å². The quantitative estimate of drug-likeness (QED) is 0.407. The van der Waals surface area contributed by atoms with Crippen LogP contribution in [0.5, 0.6) is 5.75 Å². The molecule has 2 saturated carbocycles. The Hall–Kier alpha value is -3.64. The van der Waals surface area contributed by atoms with E-state index in [0.29, 0.717) is 11.3 Å². The van der Waals surface area contributed by atoms with Crippen molar-refractivity contribution in [1.29, 1.82) is 0 Å². The number of carbonyl (C=O) groups excluding carboxylic acids is 6. The zero-order chi connectivity index (χ0) is 27.1. The van der Waals surface area contributed by atoms with Gasteiger partial charge in [-0.3, -0.25) is 33.7 Å². The van der Waals surface area contributed by atoms with Crippen LogP contribution in [0, 0.1) is 23.7 Å². The summed E-state index contributed by atoms with van der Waals surface area (Å²) in [6, 6.07) is 0.574. The zero-order valence-electron chi connectivity index (χ0n) is 20.9. The zero-order valence-corrected chi connectivity index (χ0v) is 20.9. The number of nitrogens with two attached hydrogens (primary N) is 1. The number of Topliss-reactive ketones (excluding diaryl/α,β-unsaturated/α-hetero) is 4. The van der Waals surface area contributed by atoms with Crippen LogP contribution in [0.15, 0.2) is 6.07 Å². The molecule has 3 aliphatic carbocycles. The molecule has 1 heterocycles. The number of ether oxygens (including phenoxy) is 1. The van der Waals surface area contributed by atoms with Gasteiger partial charge < -0.3 is 25.8 Å². The minimum atomic E-state index is -2.73. The molecule has 0 saturated heterocycles. The molecule has 0 radical (unpaired) electrons. The maximum absolute atomic E-state index is 14.0. The highest BCUT2D eigenvalue weighted by atomic mass is 16.5. The average molecular weight is 513 g/mol. The first-order valence-corrected chi connectivity index (χ1v) is 11.9. The van der Waals surface area contributed by atoms with E-state index in [0.717, 1.165) is 0 Å². The Labute approximate surface area is 212 Å². The largest absolute Gasteiger partial charge is 0.481 e. The van der Waals surface area contributed by atoms with Gasteiger partial charge >= 0.3 is 0 Å². The fourth-order valence-corrected chi connectivity index (χ4v) is 6.60. The number of ketones is 4. The van der Waals surface area contributed by atoms with E-state index in [-0.39, 0.29) is 36.4 Å². The monoisotopic (exact) mass is 512 g/mol. The molecule has 2 unspecified atom stereocenters. The van der Waals surface area contributed by atoms with Gasteiger partial charge in [-0.1, -0.05) is 0 Å². The topological polar surface area (TPSA) is 176 Å². The first kappa shape index (κ1) is 25.0. The highest BCUT2D eigenvalue weighted by Gasteiger charge is 2.69. The van der Waals surface area contributed by atoms with Crippen LogP contribution in [0.2, 0.25) is 0 Å². The number of nitrogens with zero attached hydrogens (tertiary/aromatic N) is 2. The third kappa shape index (κ3) is 3.28. The third-order valence-electron chi connectivity index (χ3n) is 8.12. The summed E-state index contributed by atoms with van der Waals surface area (Å²) < 4.78 is 5.61. The lowest BCUT2D eigenvalue weighted by atomic mass is 9.52. The molecule has 1 aromatic rings. The second-order valence-electron chi connectivity index (χ2n) is 10.6. The highest BCUT2D eigenvalue weighted by Crippen LogP contribution is 2.53. The molecule has 196 valence electrons. The van der Waals surface area contributed by atoms with Crippen molar-refractivity contribution in [3.8, 4) is 5.75 Å². The van der Waals surface area contributed by atoms with Crippen molar-refractivity contribution in [2.24, 2.45) is 29.4 Å². The summed E-state index contributed by atoms with van der Waals surface area (Å²) in [6.07, 6.45) is 0.259. The van der Waals surface area contributed by atoms with Crippen LogP contribution in [-0.4, -0.2) is 91.4 Å². The number of rotatable bonds is 3. The van der Waals surface area contributed by atoms with Crippen LogP contribution < -0.4 is 20.7 Å². The van der Waals surface area contributed by atoms with Gasteiger partial charge in [-0.15, -0.1) is 0 Å².